The summed E-state index contributed by atoms with van der Waals surface area (Å²) in [6.45, 7) is 25.8. The highest BCUT2D eigenvalue weighted by molar-refractivity contribution is 6.09. The highest BCUT2D eigenvalue weighted by atomic mass is 16.5. The molecule has 0 fully saturated rings. The monoisotopic (exact) mass is 816 g/mol. The molecule has 0 atom stereocenters. The smallest absolute Gasteiger partial charge is 0.138 e. The Bertz CT molecular complexity index is 2930. The first-order valence-corrected chi connectivity index (χ1v) is 22.4. The summed E-state index contributed by atoms with van der Waals surface area (Å²) >= 11 is 0. The van der Waals surface area contributed by atoms with Crippen molar-refractivity contribution in [1.29, 1.82) is 0 Å². The molecular formula is C57H60N4O. The van der Waals surface area contributed by atoms with Gasteiger partial charge in [0.1, 0.15) is 17.3 Å². The largest absolute Gasteiger partial charge is 0.457 e. The Kier molecular flexibility index (Phi) is 10.5. The van der Waals surface area contributed by atoms with Crippen molar-refractivity contribution in [3.63, 3.8) is 0 Å². The SMILES string of the molecule is Cc1cc(C(C)(C)C)cc(C)c1-c1ccnc(-n2c3ccccc3c3ccc(Oc4cccc(N5CN(C(C)C)c6cc(-c7c(C(C)C)cccc7C(C)C)ccc65)c4)cc32)c1. The van der Waals surface area contributed by atoms with Gasteiger partial charge < -0.3 is 14.5 Å². The van der Waals surface area contributed by atoms with E-state index < -0.39 is 0 Å². The van der Waals surface area contributed by atoms with Gasteiger partial charge in [-0.1, -0.05) is 109 Å². The minimum Gasteiger partial charge on any atom is -0.457 e. The fourth-order valence-electron chi connectivity index (χ4n) is 9.65. The van der Waals surface area contributed by atoms with Crippen LogP contribution < -0.4 is 14.5 Å². The van der Waals surface area contributed by atoms with E-state index in [0.717, 1.165) is 51.7 Å². The van der Waals surface area contributed by atoms with E-state index in [1.165, 1.54) is 61.3 Å². The number of pyridine rings is 1. The Morgan fingerprint density at radius 2 is 1.24 bits per heavy atom. The number of anilines is 3. The summed E-state index contributed by atoms with van der Waals surface area (Å²) < 4.78 is 9.06. The third-order valence-electron chi connectivity index (χ3n) is 12.8. The highest BCUT2D eigenvalue weighted by Crippen LogP contribution is 2.47. The third kappa shape index (κ3) is 7.31. The van der Waals surface area contributed by atoms with Crippen LogP contribution in [0.2, 0.25) is 0 Å². The molecule has 0 N–H and O–H groups in total. The van der Waals surface area contributed by atoms with Gasteiger partial charge in [0.15, 0.2) is 0 Å². The molecular weight excluding hydrogens is 757 g/mol. The van der Waals surface area contributed by atoms with E-state index in [1.807, 2.05) is 6.20 Å². The standard InChI is InChI=1S/C57H60N4O/c1-35(2)46-19-15-20-47(36(3)4)56(46)40-22-25-51-53(30-40)59(37(5)6)34-60(51)43-16-14-17-44(32-43)62-45-23-24-49-48-18-12-13-21-50(48)61(52(49)33-45)54-31-41(26-27-58-54)55-38(7)28-42(29-39(55)8)57(9,10)11/h12-33,35-37H,34H2,1-11H3. The van der Waals surface area contributed by atoms with Crippen LogP contribution in [0.1, 0.15) is 102 Å². The van der Waals surface area contributed by atoms with Crippen LogP contribution in [0.4, 0.5) is 17.1 Å². The maximum Gasteiger partial charge on any atom is 0.138 e. The van der Waals surface area contributed by atoms with Crippen LogP contribution in [0.15, 0.2) is 134 Å². The normalized spacial score (nSPS) is 13.1. The van der Waals surface area contributed by atoms with Gasteiger partial charge in [0, 0.05) is 40.8 Å². The van der Waals surface area contributed by atoms with Crippen molar-refractivity contribution in [3.8, 4) is 39.6 Å². The minimum atomic E-state index is 0.0828. The quantitative estimate of drug-likeness (QED) is 0.145. The van der Waals surface area contributed by atoms with Crippen LogP contribution in [0.25, 0.3) is 49.9 Å². The fourth-order valence-corrected chi connectivity index (χ4v) is 9.65. The zero-order chi connectivity index (χ0) is 43.6. The number of fused-ring (bicyclic) bond motifs is 4. The van der Waals surface area contributed by atoms with E-state index in [0.29, 0.717) is 17.9 Å². The van der Waals surface area contributed by atoms with E-state index in [1.54, 1.807) is 0 Å². The summed E-state index contributed by atoms with van der Waals surface area (Å²) in [6, 6.07) is 46.9. The molecule has 9 rings (SSSR count). The predicted molar refractivity (Wildman–Crippen MR) is 263 cm³/mol. The molecule has 5 nitrogen and oxygen atoms in total. The molecule has 5 heteroatoms. The maximum absolute atomic E-state index is 6.77. The average Bonchev–Trinajstić information content (AvgIpc) is 3.79. The predicted octanol–water partition coefficient (Wildman–Crippen LogP) is 15.8. The van der Waals surface area contributed by atoms with Gasteiger partial charge in [0.25, 0.3) is 0 Å². The van der Waals surface area contributed by atoms with Crippen molar-refractivity contribution >= 4 is 38.9 Å². The summed E-state index contributed by atoms with van der Waals surface area (Å²) in [6.07, 6.45) is 1.94. The first-order chi connectivity index (χ1) is 29.7. The number of hydrogen-bond donors (Lipinski definition) is 0. The summed E-state index contributed by atoms with van der Waals surface area (Å²) in [5.41, 5.74) is 17.6. The Balaban J connectivity index is 1.07. The summed E-state index contributed by atoms with van der Waals surface area (Å²) in [5, 5.41) is 2.35. The van der Waals surface area contributed by atoms with Crippen molar-refractivity contribution in [1.82, 2.24) is 9.55 Å². The van der Waals surface area contributed by atoms with Gasteiger partial charge in [-0.25, -0.2) is 4.98 Å². The van der Waals surface area contributed by atoms with Crippen molar-refractivity contribution in [2.45, 2.75) is 99.5 Å². The molecule has 0 radical (unpaired) electrons. The second kappa shape index (κ2) is 15.9. The molecule has 0 bridgehead atoms. The van der Waals surface area contributed by atoms with Gasteiger partial charge >= 0.3 is 0 Å². The second-order valence-electron chi connectivity index (χ2n) is 19.2. The van der Waals surface area contributed by atoms with E-state index in [4.69, 9.17) is 9.72 Å². The van der Waals surface area contributed by atoms with Gasteiger partial charge in [0.2, 0.25) is 0 Å². The Morgan fingerprint density at radius 3 is 1.94 bits per heavy atom. The number of ether oxygens (including phenoxy) is 1. The van der Waals surface area contributed by atoms with Crippen LogP contribution in [0.5, 0.6) is 11.5 Å². The van der Waals surface area contributed by atoms with Crippen molar-refractivity contribution in [2.24, 2.45) is 0 Å². The lowest BCUT2D eigenvalue weighted by Gasteiger charge is -2.25. The number of hydrogen-bond acceptors (Lipinski definition) is 4. The lowest BCUT2D eigenvalue weighted by Crippen LogP contribution is -2.33. The zero-order valence-electron chi connectivity index (χ0n) is 38.3. The van der Waals surface area contributed by atoms with Crippen molar-refractivity contribution in [2.75, 3.05) is 16.5 Å². The summed E-state index contributed by atoms with van der Waals surface area (Å²) in [7, 11) is 0. The van der Waals surface area contributed by atoms with E-state index in [-0.39, 0.29) is 5.41 Å². The molecule has 2 aromatic heterocycles. The molecule has 1 aliphatic heterocycles. The molecule has 3 heterocycles. The van der Waals surface area contributed by atoms with Crippen LogP contribution in [0, 0.1) is 13.8 Å². The molecule has 0 aliphatic carbocycles. The number of aryl methyl sites for hydroxylation is 2. The lowest BCUT2D eigenvalue weighted by molar-refractivity contribution is 0.483. The van der Waals surface area contributed by atoms with E-state index >= 15 is 0 Å². The molecule has 62 heavy (non-hydrogen) atoms. The van der Waals surface area contributed by atoms with Gasteiger partial charge in [0.05, 0.1) is 29.1 Å². The van der Waals surface area contributed by atoms with Crippen LogP contribution >= 0.6 is 0 Å². The molecule has 314 valence electrons. The molecule has 6 aromatic carbocycles. The fraction of sp³-hybridized carbons (Fsp3) is 0.281. The Morgan fingerprint density at radius 1 is 0.581 bits per heavy atom. The number of rotatable bonds is 9. The molecule has 0 unspecified atom stereocenters. The van der Waals surface area contributed by atoms with Gasteiger partial charge in [-0.3, -0.25) is 4.57 Å². The van der Waals surface area contributed by atoms with Gasteiger partial charge in [-0.2, -0.15) is 0 Å². The minimum absolute atomic E-state index is 0.0828. The Labute approximate surface area is 368 Å². The summed E-state index contributed by atoms with van der Waals surface area (Å²) in [5.74, 6) is 3.31. The summed E-state index contributed by atoms with van der Waals surface area (Å²) in [4.78, 5) is 9.92. The number of aromatic nitrogens is 2. The average molecular weight is 817 g/mol. The molecule has 0 amide bonds. The molecule has 8 aromatic rings. The van der Waals surface area contributed by atoms with Gasteiger partial charge in [-0.15, -0.1) is 0 Å². The maximum atomic E-state index is 6.77. The number of para-hydroxylation sites is 1. The van der Waals surface area contributed by atoms with Crippen LogP contribution in [-0.4, -0.2) is 22.3 Å². The molecule has 0 spiro atoms. The van der Waals surface area contributed by atoms with Gasteiger partial charge in [-0.05, 0) is 150 Å². The van der Waals surface area contributed by atoms with Crippen LogP contribution in [0.3, 0.4) is 0 Å². The number of nitrogens with zero attached hydrogens (tertiary/aromatic N) is 4. The van der Waals surface area contributed by atoms with Crippen molar-refractivity contribution in [3.05, 3.63) is 161 Å². The lowest BCUT2D eigenvalue weighted by atomic mass is 9.83. The highest BCUT2D eigenvalue weighted by Gasteiger charge is 2.30. The second-order valence-corrected chi connectivity index (χ2v) is 19.2. The zero-order valence-corrected chi connectivity index (χ0v) is 38.3. The first kappa shape index (κ1) is 41.0. The molecule has 1 aliphatic rings. The third-order valence-corrected chi connectivity index (χ3v) is 12.8. The van der Waals surface area contributed by atoms with Crippen molar-refractivity contribution < 1.29 is 4.74 Å². The molecule has 0 saturated carbocycles. The molecule has 0 saturated heterocycles. The first-order valence-electron chi connectivity index (χ1n) is 22.4. The number of benzene rings is 6. The van der Waals surface area contributed by atoms with E-state index in [2.05, 4.69) is 218 Å². The Hall–Kier alpha value is -6.33. The van der Waals surface area contributed by atoms with Crippen LogP contribution in [-0.2, 0) is 5.41 Å². The topological polar surface area (TPSA) is 33.5 Å². The van der Waals surface area contributed by atoms with E-state index in [9.17, 15) is 0 Å².